The van der Waals surface area contributed by atoms with Gasteiger partial charge in [-0.25, -0.2) is 4.39 Å². The number of nitrogens with one attached hydrogen (secondary N) is 1. The van der Waals surface area contributed by atoms with Crippen LogP contribution in [0.25, 0.3) is 0 Å². The molecular weight excluding hydrogens is 507 g/mol. The lowest BCUT2D eigenvalue weighted by Crippen LogP contribution is -2.47. The van der Waals surface area contributed by atoms with Crippen LogP contribution < -0.4 is 20.5 Å². The van der Waals surface area contributed by atoms with Gasteiger partial charge in [0.15, 0.2) is 23.4 Å². The van der Waals surface area contributed by atoms with Crippen molar-refractivity contribution >= 4 is 17.5 Å². The van der Waals surface area contributed by atoms with Crippen molar-refractivity contribution in [1.82, 2.24) is 0 Å². The summed E-state index contributed by atoms with van der Waals surface area (Å²) in [4.78, 5) is 24.4. The average Bonchev–Trinajstić information content (AvgIpc) is 3.04. The van der Waals surface area contributed by atoms with E-state index in [0.717, 1.165) is 31.3 Å². The van der Waals surface area contributed by atoms with Crippen LogP contribution in [0.2, 0.25) is 0 Å². The molecule has 0 saturated carbocycles. The van der Waals surface area contributed by atoms with Crippen molar-refractivity contribution in [3.8, 4) is 5.75 Å². The van der Waals surface area contributed by atoms with Crippen molar-refractivity contribution in [3.05, 3.63) is 58.6 Å². The van der Waals surface area contributed by atoms with Crippen LogP contribution >= 0.6 is 0 Å². The highest BCUT2D eigenvalue weighted by atomic mass is 19.4. The van der Waals surface area contributed by atoms with E-state index in [2.05, 4.69) is 10.1 Å². The highest BCUT2D eigenvalue weighted by Crippen LogP contribution is 2.55. The molecule has 2 heterocycles. The number of alkyl halides is 5. The van der Waals surface area contributed by atoms with Crippen molar-refractivity contribution < 1.29 is 54.5 Å². The van der Waals surface area contributed by atoms with Crippen LogP contribution in [0, 0.1) is 22.8 Å². The number of carbonyl (C=O) groups excluding carboxylic acids is 2. The lowest BCUT2D eigenvalue weighted by Gasteiger charge is -2.32. The molecule has 2 aromatic rings. The van der Waals surface area contributed by atoms with Crippen LogP contribution in [0.15, 0.2) is 30.5 Å². The molecule has 2 amide bonds. The van der Waals surface area contributed by atoms with E-state index in [1.54, 1.807) is 0 Å². The van der Waals surface area contributed by atoms with Gasteiger partial charge in [0.05, 0.1) is 5.69 Å². The molecule has 8 nitrogen and oxygen atoms in total. The Bertz CT molecular complexity index is 1190. The number of amides is 2. The summed E-state index contributed by atoms with van der Waals surface area (Å²) in [6.07, 6.45) is -6.38. The van der Waals surface area contributed by atoms with Crippen molar-refractivity contribution in [1.29, 1.82) is 0 Å². The van der Waals surface area contributed by atoms with Gasteiger partial charge in [-0.3, -0.25) is 9.59 Å². The summed E-state index contributed by atoms with van der Waals surface area (Å²) >= 11 is 0. The number of carbonyl (C=O) groups is 2. The summed E-state index contributed by atoms with van der Waals surface area (Å²) < 4.78 is 105. The third-order valence-electron chi connectivity index (χ3n) is 6.01. The molecular formula is C21H18F7N3O5. The molecule has 15 heteroatoms. The quantitative estimate of drug-likeness (QED) is 0.341. The summed E-state index contributed by atoms with van der Waals surface area (Å²) in [6, 6.07) is 3.04. The largest absolute Gasteiger partial charge is 0.618 e. The maximum Gasteiger partial charge on any atom is 0.417 e. The Balaban J connectivity index is 2.11. The zero-order valence-electron chi connectivity index (χ0n) is 18.4. The second kappa shape index (κ2) is 9.44. The number of rotatable bonds is 6. The summed E-state index contributed by atoms with van der Waals surface area (Å²) in [7, 11) is 0. The van der Waals surface area contributed by atoms with Gasteiger partial charge in [0.2, 0.25) is 5.82 Å². The molecule has 0 bridgehead atoms. The normalized spacial score (nSPS) is 24.1. The predicted octanol–water partition coefficient (Wildman–Crippen LogP) is 3.38. The fraction of sp³-hybridized carbons (Fsp3) is 0.381. The minimum absolute atomic E-state index is 0.0743. The number of benzene rings is 1. The maximum absolute atomic E-state index is 14.4. The first-order valence-corrected chi connectivity index (χ1v) is 10.1. The molecule has 0 spiro atoms. The number of primary amides is 1. The van der Waals surface area contributed by atoms with E-state index in [1.807, 2.05) is 0 Å². The molecule has 4 atom stereocenters. The standard InChI is InChI=1S/C21H18F7N3O5/c1-8-13(10-3-4-11(22)14(23)15(10)35-19(24)25)16(36-20(8,2)21(26,27)28)18(33)30-9-5-6-31(34)12(7-9)17(29)32/h3-8,13,16,19H,1-2H3,(H2,29,32)(H,30,33)/t8-,13+,16+,20+/m0/s1. The Morgan fingerprint density at radius 2 is 1.89 bits per heavy atom. The number of halogens is 7. The first-order chi connectivity index (χ1) is 16.6. The van der Waals surface area contributed by atoms with E-state index in [4.69, 9.17) is 10.5 Å². The summed E-state index contributed by atoms with van der Waals surface area (Å²) in [6.45, 7) is -2.07. The first-order valence-electron chi connectivity index (χ1n) is 10.1. The number of aromatic nitrogens is 1. The topological polar surface area (TPSA) is 118 Å². The second-order valence-electron chi connectivity index (χ2n) is 8.10. The zero-order chi connectivity index (χ0) is 27.2. The van der Waals surface area contributed by atoms with Crippen molar-refractivity contribution in [2.45, 2.75) is 44.3 Å². The number of ether oxygens (including phenoxy) is 2. The fourth-order valence-electron chi connectivity index (χ4n) is 4.00. The maximum atomic E-state index is 14.4. The number of anilines is 1. The van der Waals surface area contributed by atoms with E-state index < -0.39 is 76.8 Å². The summed E-state index contributed by atoms with van der Waals surface area (Å²) in [5.74, 6) is -10.8. The Morgan fingerprint density at radius 1 is 1.25 bits per heavy atom. The summed E-state index contributed by atoms with van der Waals surface area (Å²) in [5, 5.41) is 13.8. The van der Waals surface area contributed by atoms with E-state index >= 15 is 0 Å². The van der Waals surface area contributed by atoms with Crippen LogP contribution in [0.3, 0.4) is 0 Å². The average molecular weight is 525 g/mol. The molecule has 3 rings (SSSR count). The molecule has 0 radical (unpaired) electrons. The fourth-order valence-corrected chi connectivity index (χ4v) is 4.00. The third kappa shape index (κ3) is 4.74. The van der Waals surface area contributed by atoms with E-state index in [0.29, 0.717) is 13.0 Å². The Morgan fingerprint density at radius 3 is 2.44 bits per heavy atom. The van der Waals surface area contributed by atoms with Crippen molar-refractivity contribution in [2.75, 3.05) is 5.32 Å². The van der Waals surface area contributed by atoms with Crippen LogP contribution in [0.5, 0.6) is 5.75 Å². The molecule has 1 fully saturated rings. The predicted molar refractivity (Wildman–Crippen MR) is 107 cm³/mol. The lowest BCUT2D eigenvalue weighted by atomic mass is 9.77. The molecule has 36 heavy (non-hydrogen) atoms. The number of hydrogen-bond acceptors (Lipinski definition) is 5. The Labute approximate surface area is 198 Å². The second-order valence-corrected chi connectivity index (χ2v) is 8.10. The number of nitrogens with two attached hydrogens (primary N) is 1. The zero-order valence-corrected chi connectivity index (χ0v) is 18.4. The molecule has 0 aliphatic carbocycles. The Kier molecular flexibility index (Phi) is 7.08. The third-order valence-corrected chi connectivity index (χ3v) is 6.01. The SMILES string of the molecule is C[C@H]1[C@H](c2ccc(F)c(F)c2OC(F)F)[C@H](C(=O)Nc2cc[n+]([O-])c(C(N)=O)c2)O[C@@]1(C)C(F)(F)F. The van der Waals surface area contributed by atoms with Gasteiger partial charge in [-0.1, -0.05) is 13.0 Å². The van der Waals surface area contributed by atoms with E-state index in [1.165, 1.54) is 0 Å². The van der Waals surface area contributed by atoms with Crippen LogP contribution in [0.4, 0.5) is 36.4 Å². The smallest absolute Gasteiger partial charge is 0.417 e. The van der Waals surface area contributed by atoms with Gasteiger partial charge in [-0.15, -0.1) is 0 Å². The van der Waals surface area contributed by atoms with E-state index in [-0.39, 0.29) is 10.4 Å². The van der Waals surface area contributed by atoms with Crippen LogP contribution in [-0.2, 0) is 9.53 Å². The molecule has 1 aromatic carbocycles. The molecule has 1 aliphatic rings. The Hall–Kier alpha value is -3.62. The van der Waals surface area contributed by atoms with Gasteiger partial charge in [0.1, 0.15) is 6.10 Å². The lowest BCUT2D eigenvalue weighted by molar-refractivity contribution is -0.607. The highest BCUT2D eigenvalue weighted by molar-refractivity contribution is 5.97. The molecule has 196 valence electrons. The van der Waals surface area contributed by atoms with Crippen molar-refractivity contribution in [2.24, 2.45) is 11.7 Å². The molecule has 3 N–H and O–H groups in total. The number of hydrogen-bond donors (Lipinski definition) is 2. The molecule has 0 unspecified atom stereocenters. The monoisotopic (exact) mass is 525 g/mol. The van der Waals surface area contributed by atoms with Crippen LogP contribution in [0.1, 0.15) is 35.8 Å². The first kappa shape index (κ1) is 27.0. The van der Waals surface area contributed by atoms with Crippen molar-refractivity contribution in [3.63, 3.8) is 0 Å². The molecule has 1 aliphatic heterocycles. The number of pyridine rings is 1. The van der Waals surface area contributed by atoms with Gasteiger partial charge in [0.25, 0.3) is 11.6 Å². The molecule has 1 aromatic heterocycles. The minimum atomic E-state index is -5.08. The van der Waals surface area contributed by atoms with Gasteiger partial charge in [-0.2, -0.15) is 31.1 Å². The van der Waals surface area contributed by atoms with Gasteiger partial charge in [-0.05, 0) is 13.0 Å². The highest BCUT2D eigenvalue weighted by Gasteiger charge is 2.66. The minimum Gasteiger partial charge on any atom is -0.618 e. The van der Waals surface area contributed by atoms with Gasteiger partial charge < -0.3 is 25.7 Å². The van der Waals surface area contributed by atoms with Gasteiger partial charge in [0, 0.05) is 29.5 Å². The number of nitrogens with zero attached hydrogens (tertiary/aromatic N) is 1. The summed E-state index contributed by atoms with van der Waals surface area (Å²) in [5.41, 5.74) is 0.502. The van der Waals surface area contributed by atoms with Gasteiger partial charge >= 0.3 is 18.7 Å². The molecule has 1 saturated heterocycles. The van der Waals surface area contributed by atoms with E-state index in [9.17, 15) is 45.5 Å². The van der Waals surface area contributed by atoms with Crippen LogP contribution in [-0.4, -0.2) is 36.3 Å².